The van der Waals surface area contributed by atoms with Crippen molar-refractivity contribution in [1.29, 1.82) is 0 Å². The van der Waals surface area contributed by atoms with Crippen LogP contribution in [0.1, 0.15) is 82.9 Å². The maximum absolute atomic E-state index is 13.4. The van der Waals surface area contributed by atoms with Gasteiger partial charge >= 0.3 is 6.09 Å². The first kappa shape index (κ1) is 28.9. The molecule has 4 rings (SSSR count). The summed E-state index contributed by atoms with van der Waals surface area (Å²) in [6, 6.07) is 3.59. The SMILES string of the molecule is Cc1c(CC(=O)[C@@H]2CCCN2C(=O)OC(C)(C)C)cc(Cl)cc1CN1CCN(C(=O)C2CCCC2)[C@@H](C)C1. The van der Waals surface area contributed by atoms with E-state index < -0.39 is 17.7 Å². The number of likely N-dealkylation sites (tertiary alicyclic amines) is 1. The van der Waals surface area contributed by atoms with Gasteiger partial charge < -0.3 is 9.64 Å². The zero-order valence-corrected chi connectivity index (χ0v) is 24.5. The van der Waals surface area contributed by atoms with Crippen molar-refractivity contribution in [3.8, 4) is 0 Å². The first-order valence-electron chi connectivity index (χ1n) is 14.3. The van der Waals surface area contributed by atoms with Crippen molar-refractivity contribution in [2.24, 2.45) is 5.92 Å². The number of halogens is 1. The van der Waals surface area contributed by atoms with Crippen LogP contribution >= 0.6 is 11.6 Å². The van der Waals surface area contributed by atoms with Gasteiger partial charge in [-0.05, 0) is 89.1 Å². The number of carbonyl (C=O) groups is 3. The van der Waals surface area contributed by atoms with Gasteiger partial charge in [0.15, 0.2) is 5.78 Å². The van der Waals surface area contributed by atoms with Crippen LogP contribution in [0.4, 0.5) is 4.79 Å². The Labute approximate surface area is 232 Å². The van der Waals surface area contributed by atoms with E-state index in [1.807, 2.05) is 32.9 Å². The second-order valence-corrected chi connectivity index (χ2v) is 12.9. The van der Waals surface area contributed by atoms with E-state index in [0.29, 0.717) is 23.9 Å². The molecule has 2 saturated heterocycles. The molecule has 1 aromatic carbocycles. The van der Waals surface area contributed by atoms with Crippen molar-refractivity contribution < 1.29 is 19.1 Å². The van der Waals surface area contributed by atoms with Gasteiger partial charge in [-0.25, -0.2) is 4.79 Å². The van der Waals surface area contributed by atoms with Gasteiger partial charge in [0.05, 0.1) is 6.04 Å². The molecule has 210 valence electrons. The number of Topliss-reactive ketones (excluding diaryl/α,β-unsaturated/α-hetero) is 1. The molecule has 3 fully saturated rings. The molecule has 0 unspecified atom stereocenters. The van der Waals surface area contributed by atoms with Crippen LogP contribution in [-0.4, -0.2) is 76.3 Å². The molecule has 38 heavy (non-hydrogen) atoms. The molecule has 8 heteroatoms. The summed E-state index contributed by atoms with van der Waals surface area (Å²) in [6.07, 6.45) is 5.68. The monoisotopic (exact) mass is 545 g/mol. The van der Waals surface area contributed by atoms with E-state index in [1.165, 1.54) is 12.8 Å². The normalized spacial score (nSPS) is 23.2. The number of ether oxygens (including phenoxy) is 1. The number of benzene rings is 1. The van der Waals surface area contributed by atoms with E-state index in [2.05, 4.69) is 23.6 Å². The molecule has 1 saturated carbocycles. The van der Waals surface area contributed by atoms with Gasteiger partial charge in [-0.3, -0.25) is 19.4 Å². The molecule has 2 heterocycles. The molecule has 0 N–H and O–H groups in total. The summed E-state index contributed by atoms with van der Waals surface area (Å²) in [5.41, 5.74) is 2.50. The largest absolute Gasteiger partial charge is 0.444 e. The van der Waals surface area contributed by atoms with Gasteiger partial charge in [-0.1, -0.05) is 24.4 Å². The lowest BCUT2D eigenvalue weighted by molar-refractivity contribution is -0.140. The Morgan fingerprint density at radius 3 is 2.32 bits per heavy atom. The second kappa shape index (κ2) is 12.0. The molecule has 2 amide bonds. The van der Waals surface area contributed by atoms with Gasteiger partial charge in [0.1, 0.15) is 5.60 Å². The molecule has 3 aliphatic rings. The molecule has 0 aromatic heterocycles. The van der Waals surface area contributed by atoms with Crippen molar-refractivity contribution in [2.45, 2.75) is 104 Å². The van der Waals surface area contributed by atoms with E-state index in [4.69, 9.17) is 16.3 Å². The Hall–Kier alpha value is -2.12. The Bertz CT molecular complexity index is 1050. The molecular formula is C30H44ClN3O4. The topological polar surface area (TPSA) is 70.2 Å². The van der Waals surface area contributed by atoms with Crippen LogP contribution < -0.4 is 0 Å². The number of piperazine rings is 1. The lowest BCUT2D eigenvalue weighted by Crippen LogP contribution is -2.54. The lowest BCUT2D eigenvalue weighted by atomic mass is 9.95. The predicted octanol–water partition coefficient (Wildman–Crippen LogP) is 5.38. The highest BCUT2D eigenvalue weighted by molar-refractivity contribution is 6.30. The zero-order valence-electron chi connectivity index (χ0n) is 23.7. The minimum atomic E-state index is -0.599. The summed E-state index contributed by atoms with van der Waals surface area (Å²) in [4.78, 5) is 45.1. The van der Waals surface area contributed by atoms with Crippen LogP contribution in [0, 0.1) is 12.8 Å². The molecule has 0 bridgehead atoms. The van der Waals surface area contributed by atoms with Crippen molar-refractivity contribution in [1.82, 2.24) is 14.7 Å². The smallest absolute Gasteiger partial charge is 0.410 e. The summed E-state index contributed by atoms with van der Waals surface area (Å²) in [5, 5.41) is 0.618. The second-order valence-electron chi connectivity index (χ2n) is 12.4. The standard InChI is InChI=1S/C30H44ClN3O4/c1-20-18-32(13-14-33(20)28(36)22-9-6-7-10-22)19-24-16-25(31)15-23(21(24)2)17-27(35)26-11-8-12-34(26)29(37)38-30(3,4)5/h15-16,20,22,26H,6-14,17-19H2,1-5H3/t20-,26-/m0/s1. The zero-order chi connectivity index (χ0) is 27.6. The number of carbonyl (C=O) groups excluding carboxylic acids is 3. The highest BCUT2D eigenvalue weighted by Gasteiger charge is 2.37. The van der Waals surface area contributed by atoms with Crippen LogP contribution in [0.2, 0.25) is 5.02 Å². The summed E-state index contributed by atoms with van der Waals surface area (Å²) >= 11 is 6.53. The molecule has 1 aliphatic carbocycles. The van der Waals surface area contributed by atoms with Crippen LogP contribution in [0.15, 0.2) is 12.1 Å². The van der Waals surface area contributed by atoms with Gasteiger partial charge in [0, 0.05) is 56.1 Å². The summed E-state index contributed by atoms with van der Waals surface area (Å²) < 4.78 is 5.54. The third kappa shape index (κ3) is 6.90. The minimum absolute atomic E-state index is 0.0253. The van der Waals surface area contributed by atoms with Crippen molar-refractivity contribution in [3.63, 3.8) is 0 Å². The lowest BCUT2D eigenvalue weighted by Gasteiger charge is -2.41. The van der Waals surface area contributed by atoms with Gasteiger partial charge in [-0.15, -0.1) is 0 Å². The van der Waals surface area contributed by atoms with E-state index >= 15 is 0 Å². The maximum Gasteiger partial charge on any atom is 0.410 e. The summed E-state index contributed by atoms with van der Waals surface area (Å²) in [5.74, 6) is 0.574. The molecule has 2 atom stereocenters. The number of nitrogens with zero attached hydrogens (tertiary/aromatic N) is 3. The highest BCUT2D eigenvalue weighted by Crippen LogP contribution is 2.30. The van der Waals surface area contributed by atoms with E-state index in [0.717, 1.165) is 62.1 Å². The fourth-order valence-electron chi connectivity index (χ4n) is 6.24. The third-order valence-electron chi connectivity index (χ3n) is 8.30. The van der Waals surface area contributed by atoms with E-state index in [-0.39, 0.29) is 24.2 Å². The Morgan fingerprint density at radius 2 is 1.66 bits per heavy atom. The molecule has 7 nitrogen and oxygen atoms in total. The summed E-state index contributed by atoms with van der Waals surface area (Å²) in [6.45, 7) is 13.4. The first-order chi connectivity index (χ1) is 17.9. The Kier molecular flexibility index (Phi) is 9.08. The van der Waals surface area contributed by atoms with E-state index in [1.54, 1.807) is 4.90 Å². The third-order valence-corrected chi connectivity index (χ3v) is 8.52. The first-order valence-corrected chi connectivity index (χ1v) is 14.6. The average Bonchev–Trinajstić information content (AvgIpc) is 3.53. The number of hydrogen-bond acceptors (Lipinski definition) is 5. The minimum Gasteiger partial charge on any atom is -0.444 e. The molecule has 2 aliphatic heterocycles. The van der Waals surface area contributed by atoms with Crippen LogP contribution in [0.5, 0.6) is 0 Å². The Morgan fingerprint density at radius 1 is 0.974 bits per heavy atom. The predicted molar refractivity (Wildman–Crippen MR) is 149 cm³/mol. The number of amides is 2. The quantitative estimate of drug-likeness (QED) is 0.480. The molecular weight excluding hydrogens is 502 g/mol. The van der Waals surface area contributed by atoms with Crippen molar-refractivity contribution in [2.75, 3.05) is 26.2 Å². The van der Waals surface area contributed by atoms with Gasteiger partial charge in [-0.2, -0.15) is 0 Å². The maximum atomic E-state index is 13.4. The fraction of sp³-hybridized carbons (Fsp3) is 0.700. The molecule has 0 radical (unpaired) electrons. The number of rotatable bonds is 6. The molecule has 1 aromatic rings. The highest BCUT2D eigenvalue weighted by atomic mass is 35.5. The Balaban J connectivity index is 1.40. The number of hydrogen-bond donors (Lipinski definition) is 0. The van der Waals surface area contributed by atoms with Crippen molar-refractivity contribution >= 4 is 29.4 Å². The number of ketones is 1. The van der Waals surface area contributed by atoms with Crippen LogP contribution in [0.25, 0.3) is 0 Å². The fourth-order valence-corrected chi connectivity index (χ4v) is 6.51. The van der Waals surface area contributed by atoms with Crippen molar-refractivity contribution in [3.05, 3.63) is 33.8 Å². The van der Waals surface area contributed by atoms with Crippen LogP contribution in [-0.2, 0) is 27.3 Å². The van der Waals surface area contributed by atoms with E-state index in [9.17, 15) is 14.4 Å². The van der Waals surface area contributed by atoms with Gasteiger partial charge in [0.2, 0.25) is 5.91 Å². The van der Waals surface area contributed by atoms with Gasteiger partial charge in [0.25, 0.3) is 0 Å². The summed E-state index contributed by atoms with van der Waals surface area (Å²) in [7, 11) is 0. The average molecular weight is 546 g/mol. The van der Waals surface area contributed by atoms with Crippen LogP contribution in [0.3, 0.4) is 0 Å². The molecule has 0 spiro atoms.